The first-order valence-corrected chi connectivity index (χ1v) is 10.1. The van der Waals surface area contributed by atoms with Crippen LogP contribution in [0.2, 0.25) is 10.0 Å². The van der Waals surface area contributed by atoms with Crippen molar-refractivity contribution in [3.05, 3.63) is 75.7 Å². The van der Waals surface area contributed by atoms with Gasteiger partial charge in [-0.25, -0.2) is 14.2 Å². The number of hydrogen-bond donors (Lipinski definition) is 0. The van der Waals surface area contributed by atoms with Crippen molar-refractivity contribution in [2.45, 2.75) is 18.8 Å². The van der Waals surface area contributed by atoms with E-state index in [-0.39, 0.29) is 18.4 Å². The van der Waals surface area contributed by atoms with Gasteiger partial charge in [0.15, 0.2) is 18.0 Å². The van der Waals surface area contributed by atoms with E-state index >= 15 is 0 Å². The van der Waals surface area contributed by atoms with Gasteiger partial charge in [0, 0.05) is 22.7 Å². The summed E-state index contributed by atoms with van der Waals surface area (Å²) < 4.78 is 19.0. The second kappa shape index (κ2) is 7.25. The smallest absolute Gasteiger partial charge is 0.328 e. The molecule has 1 fully saturated rings. The molecule has 31 heavy (non-hydrogen) atoms. The molecular formula is C21H15Cl2FN4O3. The van der Waals surface area contributed by atoms with E-state index < -0.39 is 24.1 Å². The number of hydrogen-bond acceptors (Lipinski definition) is 5. The lowest BCUT2D eigenvalue weighted by atomic mass is 10.1. The number of carbonyl (C=O) groups excluding carboxylic acids is 2. The summed E-state index contributed by atoms with van der Waals surface area (Å²) in [5.74, 6) is -0.339. The molecule has 2 aromatic carbocycles. The monoisotopic (exact) mass is 460 g/mol. The number of fused-ring (bicyclic) bond motifs is 3. The van der Waals surface area contributed by atoms with E-state index in [4.69, 9.17) is 27.9 Å². The van der Waals surface area contributed by atoms with E-state index in [0.717, 1.165) is 4.90 Å². The fourth-order valence-electron chi connectivity index (χ4n) is 3.79. The fourth-order valence-corrected chi connectivity index (χ4v) is 4.26. The predicted molar refractivity (Wildman–Crippen MR) is 112 cm³/mol. The highest BCUT2D eigenvalue weighted by atomic mass is 35.5. The SMILES string of the molecule is CN1C(=O)N(Cc2ccc(Cl)cc2Cl)C(=O)C2C1N=C1OC(c3ccc(F)cc3)=CN12. The number of urea groups is 1. The highest BCUT2D eigenvalue weighted by Crippen LogP contribution is 2.36. The van der Waals surface area contributed by atoms with Crippen LogP contribution in [0.5, 0.6) is 0 Å². The average Bonchev–Trinajstić information content (AvgIpc) is 3.30. The molecule has 0 N–H and O–H groups in total. The van der Waals surface area contributed by atoms with Gasteiger partial charge >= 0.3 is 6.03 Å². The molecule has 0 aromatic heterocycles. The zero-order valence-electron chi connectivity index (χ0n) is 16.1. The summed E-state index contributed by atoms with van der Waals surface area (Å²) in [5.41, 5.74) is 1.24. The van der Waals surface area contributed by atoms with Crippen LogP contribution in [0.1, 0.15) is 11.1 Å². The van der Waals surface area contributed by atoms with Crippen LogP contribution in [0.25, 0.3) is 5.76 Å². The van der Waals surface area contributed by atoms with Crippen molar-refractivity contribution >= 4 is 46.9 Å². The molecule has 158 valence electrons. The number of nitrogens with zero attached hydrogens (tertiary/aromatic N) is 4. The number of aliphatic imine (C=N–C) groups is 1. The van der Waals surface area contributed by atoms with Gasteiger partial charge in [0.2, 0.25) is 0 Å². The molecule has 3 aliphatic rings. The molecule has 10 heteroatoms. The van der Waals surface area contributed by atoms with E-state index in [1.54, 1.807) is 48.5 Å². The number of amides is 3. The van der Waals surface area contributed by atoms with Gasteiger partial charge in [0.05, 0.1) is 12.7 Å². The van der Waals surface area contributed by atoms with Crippen molar-refractivity contribution in [3.8, 4) is 0 Å². The van der Waals surface area contributed by atoms with Crippen LogP contribution in [-0.2, 0) is 16.1 Å². The van der Waals surface area contributed by atoms with Crippen LogP contribution in [-0.4, -0.2) is 51.9 Å². The maximum atomic E-state index is 13.3. The van der Waals surface area contributed by atoms with E-state index in [9.17, 15) is 14.0 Å². The number of halogens is 3. The summed E-state index contributed by atoms with van der Waals surface area (Å²) in [7, 11) is 1.58. The maximum absolute atomic E-state index is 13.3. The van der Waals surface area contributed by atoms with E-state index in [1.807, 2.05) is 0 Å². The molecule has 0 saturated carbocycles. The van der Waals surface area contributed by atoms with Gasteiger partial charge in [-0.3, -0.25) is 14.6 Å². The molecule has 3 aliphatic heterocycles. The second-order valence-electron chi connectivity index (χ2n) is 7.33. The molecule has 3 heterocycles. The Labute approximate surface area is 186 Å². The van der Waals surface area contributed by atoms with Crippen molar-refractivity contribution in [1.82, 2.24) is 14.7 Å². The fraction of sp³-hybridized carbons (Fsp3) is 0.190. The quantitative estimate of drug-likeness (QED) is 0.695. The summed E-state index contributed by atoms with van der Waals surface area (Å²) in [6.07, 6.45) is 0.934. The van der Waals surface area contributed by atoms with Crippen LogP contribution in [0.15, 0.2) is 53.7 Å². The molecule has 2 unspecified atom stereocenters. The Hall–Kier alpha value is -3.10. The molecule has 1 saturated heterocycles. The number of rotatable bonds is 3. The minimum absolute atomic E-state index is 0.000205. The lowest BCUT2D eigenvalue weighted by Gasteiger charge is -2.39. The highest BCUT2D eigenvalue weighted by Gasteiger charge is 2.54. The topological polar surface area (TPSA) is 65.5 Å². The van der Waals surface area contributed by atoms with Gasteiger partial charge in [0.1, 0.15) is 5.82 Å². The van der Waals surface area contributed by atoms with Gasteiger partial charge in [-0.2, -0.15) is 0 Å². The van der Waals surface area contributed by atoms with Crippen LogP contribution >= 0.6 is 23.2 Å². The molecule has 0 spiro atoms. The summed E-state index contributed by atoms with van der Waals surface area (Å²) in [5, 5.41) is 0.827. The molecular weight excluding hydrogens is 446 g/mol. The van der Waals surface area contributed by atoms with Gasteiger partial charge in [-0.15, -0.1) is 0 Å². The zero-order valence-corrected chi connectivity index (χ0v) is 17.6. The standard InChI is InChI=1S/C21H15Cl2FN4O3/c1-26-18-17(19(29)28(21(26)30)9-12-2-5-13(22)8-15(12)23)27-10-16(31-20(27)25-18)11-3-6-14(24)7-4-11/h2-8,10,17-18H,9H2,1H3. The van der Waals surface area contributed by atoms with Crippen LogP contribution < -0.4 is 0 Å². The number of ether oxygens (including phenoxy) is 1. The predicted octanol–water partition coefficient (Wildman–Crippen LogP) is 3.92. The van der Waals surface area contributed by atoms with Gasteiger partial charge < -0.3 is 9.64 Å². The Kier molecular flexibility index (Phi) is 4.64. The molecule has 0 bridgehead atoms. The van der Waals surface area contributed by atoms with E-state index in [1.165, 1.54) is 17.0 Å². The molecule has 2 aromatic rings. The Bertz CT molecular complexity index is 1170. The minimum atomic E-state index is -0.776. The van der Waals surface area contributed by atoms with Crippen LogP contribution in [0.3, 0.4) is 0 Å². The van der Waals surface area contributed by atoms with Gasteiger partial charge in [-0.1, -0.05) is 29.3 Å². The first kappa shape index (κ1) is 19.8. The number of likely N-dealkylation sites (N-methyl/N-ethyl adjacent to an activating group) is 1. The molecule has 0 radical (unpaired) electrons. The van der Waals surface area contributed by atoms with Gasteiger partial charge in [-0.05, 0) is 42.0 Å². The number of amidine groups is 1. The van der Waals surface area contributed by atoms with Crippen molar-refractivity contribution in [3.63, 3.8) is 0 Å². The van der Waals surface area contributed by atoms with Crippen LogP contribution in [0.4, 0.5) is 9.18 Å². The van der Waals surface area contributed by atoms with Crippen molar-refractivity contribution in [2.75, 3.05) is 7.05 Å². The lowest BCUT2D eigenvalue weighted by Crippen LogP contribution is -2.63. The van der Waals surface area contributed by atoms with Crippen LogP contribution in [0, 0.1) is 5.82 Å². The zero-order chi connectivity index (χ0) is 21.9. The third-order valence-corrected chi connectivity index (χ3v) is 6.01. The Morgan fingerprint density at radius 2 is 1.87 bits per heavy atom. The summed E-state index contributed by atoms with van der Waals surface area (Å²) in [6, 6.07) is 9.65. The third-order valence-electron chi connectivity index (χ3n) is 5.42. The number of carbonyl (C=O) groups is 2. The summed E-state index contributed by atoms with van der Waals surface area (Å²) >= 11 is 12.2. The number of benzene rings is 2. The third kappa shape index (κ3) is 3.23. The Morgan fingerprint density at radius 1 is 1.13 bits per heavy atom. The molecule has 5 rings (SSSR count). The van der Waals surface area contributed by atoms with E-state index in [2.05, 4.69) is 4.99 Å². The lowest BCUT2D eigenvalue weighted by molar-refractivity contribution is -0.137. The van der Waals surface area contributed by atoms with Gasteiger partial charge in [0.25, 0.3) is 11.9 Å². The normalized spacial score (nSPS) is 22.3. The molecule has 7 nitrogen and oxygen atoms in total. The summed E-state index contributed by atoms with van der Waals surface area (Å²) in [6.45, 7) is -0.000205. The first-order chi connectivity index (χ1) is 14.8. The summed E-state index contributed by atoms with van der Waals surface area (Å²) in [4.78, 5) is 34.8. The second-order valence-corrected chi connectivity index (χ2v) is 8.18. The Morgan fingerprint density at radius 3 is 2.58 bits per heavy atom. The van der Waals surface area contributed by atoms with E-state index in [0.29, 0.717) is 26.9 Å². The Balaban J connectivity index is 1.44. The molecule has 0 aliphatic carbocycles. The first-order valence-electron chi connectivity index (χ1n) is 9.37. The largest absolute Gasteiger partial charge is 0.423 e. The molecule has 3 amide bonds. The molecule has 2 atom stereocenters. The average molecular weight is 461 g/mol. The maximum Gasteiger partial charge on any atom is 0.328 e. The minimum Gasteiger partial charge on any atom is -0.423 e. The highest BCUT2D eigenvalue weighted by molar-refractivity contribution is 6.35. The van der Waals surface area contributed by atoms with Crippen molar-refractivity contribution < 1.29 is 18.7 Å². The number of imide groups is 1. The van der Waals surface area contributed by atoms with Crippen molar-refractivity contribution in [1.29, 1.82) is 0 Å². The van der Waals surface area contributed by atoms with Crippen molar-refractivity contribution in [2.24, 2.45) is 4.99 Å².